The average Bonchev–Trinajstić information content (AvgIpc) is 2.33. The first-order chi connectivity index (χ1) is 7.81. The molecule has 1 aromatic heterocycles. The van der Waals surface area contributed by atoms with E-state index in [1.807, 2.05) is 36.4 Å². The van der Waals surface area contributed by atoms with Crippen molar-refractivity contribution in [3.05, 3.63) is 52.6 Å². The van der Waals surface area contributed by atoms with Crippen molar-refractivity contribution in [2.24, 2.45) is 5.73 Å². The summed E-state index contributed by atoms with van der Waals surface area (Å²) in [6.45, 7) is 0.445. The Morgan fingerprint density at radius 2 is 2.00 bits per heavy atom. The molecule has 0 aliphatic rings. The van der Waals surface area contributed by atoms with E-state index in [-0.39, 0.29) is 0 Å². The van der Waals surface area contributed by atoms with E-state index in [0.29, 0.717) is 12.4 Å². The van der Waals surface area contributed by atoms with Gasteiger partial charge in [-0.05, 0) is 34.1 Å². The number of benzene rings is 1. The normalized spacial score (nSPS) is 10.1. The molecule has 3 nitrogen and oxygen atoms in total. The van der Waals surface area contributed by atoms with Crippen LogP contribution in [0.3, 0.4) is 0 Å². The smallest absolute Gasteiger partial charge is 0.233 e. The molecule has 16 heavy (non-hydrogen) atoms. The topological polar surface area (TPSA) is 48.1 Å². The molecule has 1 aromatic carbocycles. The third-order valence-corrected chi connectivity index (χ3v) is 2.73. The lowest BCUT2D eigenvalue weighted by Gasteiger charge is -2.09. The first-order valence-corrected chi connectivity index (χ1v) is 5.67. The molecule has 0 saturated heterocycles. The molecular formula is C12H11BrN2O. The van der Waals surface area contributed by atoms with Crippen molar-refractivity contribution in [2.45, 2.75) is 6.54 Å². The van der Waals surface area contributed by atoms with Crippen LogP contribution in [0.25, 0.3) is 0 Å². The highest BCUT2D eigenvalue weighted by molar-refractivity contribution is 9.10. The SMILES string of the molecule is NCc1ccccc1Oc1ncccc1Br. The van der Waals surface area contributed by atoms with Crippen LogP contribution in [0.15, 0.2) is 47.1 Å². The predicted molar refractivity (Wildman–Crippen MR) is 66.3 cm³/mol. The van der Waals surface area contributed by atoms with Crippen LogP contribution in [0.2, 0.25) is 0 Å². The van der Waals surface area contributed by atoms with E-state index >= 15 is 0 Å². The van der Waals surface area contributed by atoms with Crippen LogP contribution < -0.4 is 10.5 Å². The van der Waals surface area contributed by atoms with Gasteiger partial charge in [0, 0.05) is 18.3 Å². The van der Waals surface area contributed by atoms with Gasteiger partial charge in [0.15, 0.2) is 0 Å². The van der Waals surface area contributed by atoms with Gasteiger partial charge in [0.2, 0.25) is 5.88 Å². The quantitative estimate of drug-likeness (QED) is 0.939. The largest absolute Gasteiger partial charge is 0.438 e. The summed E-state index contributed by atoms with van der Waals surface area (Å²) in [6, 6.07) is 11.4. The minimum absolute atomic E-state index is 0.445. The van der Waals surface area contributed by atoms with Crippen molar-refractivity contribution in [1.82, 2.24) is 4.98 Å². The second kappa shape index (κ2) is 5.09. The Morgan fingerprint density at radius 3 is 2.75 bits per heavy atom. The van der Waals surface area contributed by atoms with Crippen molar-refractivity contribution in [1.29, 1.82) is 0 Å². The van der Waals surface area contributed by atoms with Gasteiger partial charge in [0.25, 0.3) is 0 Å². The maximum atomic E-state index is 5.69. The Morgan fingerprint density at radius 1 is 1.19 bits per heavy atom. The van der Waals surface area contributed by atoms with Gasteiger partial charge in [-0.25, -0.2) is 4.98 Å². The maximum Gasteiger partial charge on any atom is 0.233 e. The minimum Gasteiger partial charge on any atom is -0.438 e. The number of hydrogen-bond donors (Lipinski definition) is 1. The summed E-state index contributed by atoms with van der Waals surface area (Å²) in [5, 5.41) is 0. The van der Waals surface area contributed by atoms with E-state index in [1.54, 1.807) is 6.20 Å². The Balaban J connectivity index is 2.30. The van der Waals surface area contributed by atoms with Crippen LogP contribution in [0.1, 0.15) is 5.56 Å². The van der Waals surface area contributed by atoms with E-state index in [1.165, 1.54) is 0 Å². The molecule has 0 radical (unpaired) electrons. The lowest BCUT2D eigenvalue weighted by molar-refractivity contribution is 0.454. The van der Waals surface area contributed by atoms with E-state index in [9.17, 15) is 0 Å². The summed E-state index contributed by atoms with van der Waals surface area (Å²) in [7, 11) is 0. The lowest BCUT2D eigenvalue weighted by atomic mass is 10.2. The number of halogens is 1. The lowest BCUT2D eigenvalue weighted by Crippen LogP contribution is -1.99. The van der Waals surface area contributed by atoms with Gasteiger partial charge in [-0.2, -0.15) is 0 Å². The summed E-state index contributed by atoms with van der Waals surface area (Å²) >= 11 is 3.38. The van der Waals surface area contributed by atoms with Crippen molar-refractivity contribution >= 4 is 15.9 Å². The van der Waals surface area contributed by atoms with Crippen LogP contribution in [0.5, 0.6) is 11.6 Å². The monoisotopic (exact) mass is 278 g/mol. The van der Waals surface area contributed by atoms with Gasteiger partial charge in [0.05, 0.1) is 4.47 Å². The number of nitrogens with zero attached hydrogens (tertiary/aromatic N) is 1. The minimum atomic E-state index is 0.445. The van der Waals surface area contributed by atoms with E-state index in [0.717, 1.165) is 15.8 Å². The molecule has 1 heterocycles. The average molecular weight is 279 g/mol. The molecule has 0 atom stereocenters. The van der Waals surface area contributed by atoms with Crippen LogP contribution in [0.4, 0.5) is 0 Å². The van der Waals surface area contributed by atoms with Gasteiger partial charge in [0.1, 0.15) is 5.75 Å². The van der Waals surface area contributed by atoms with Crippen molar-refractivity contribution in [3.8, 4) is 11.6 Å². The van der Waals surface area contributed by atoms with Crippen molar-refractivity contribution in [2.75, 3.05) is 0 Å². The van der Waals surface area contributed by atoms with E-state index in [4.69, 9.17) is 10.5 Å². The number of nitrogens with two attached hydrogens (primary N) is 1. The third kappa shape index (κ3) is 2.40. The summed E-state index contributed by atoms with van der Waals surface area (Å²) in [5.74, 6) is 1.28. The summed E-state index contributed by atoms with van der Waals surface area (Å²) < 4.78 is 6.51. The van der Waals surface area contributed by atoms with E-state index in [2.05, 4.69) is 20.9 Å². The van der Waals surface area contributed by atoms with Gasteiger partial charge < -0.3 is 10.5 Å². The fraction of sp³-hybridized carbons (Fsp3) is 0.0833. The number of para-hydroxylation sites is 1. The predicted octanol–water partition coefficient (Wildman–Crippen LogP) is 3.10. The molecule has 2 rings (SSSR count). The Hall–Kier alpha value is -1.39. The summed E-state index contributed by atoms with van der Waals surface area (Å²) in [6.07, 6.45) is 1.69. The molecule has 2 N–H and O–H groups in total. The summed E-state index contributed by atoms with van der Waals surface area (Å²) in [5.41, 5.74) is 6.59. The van der Waals surface area contributed by atoms with Crippen LogP contribution in [-0.4, -0.2) is 4.98 Å². The third-order valence-electron chi connectivity index (χ3n) is 2.12. The molecular weight excluding hydrogens is 268 g/mol. The Kier molecular flexibility index (Phi) is 3.54. The second-order valence-electron chi connectivity index (χ2n) is 3.20. The van der Waals surface area contributed by atoms with Crippen LogP contribution in [-0.2, 0) is 6.54 Å². The number of hydrogen-bond acceptors (Lipinski definition) is 3. The van der Waals surface area contributed by atoms with Crippen LogP contribution >= 0.6 is 15.9 Å². The zero-order valence-corrected chi connectivity index (χ0v) is 10.1. The molecule has 0 amide bonds. The van der Waals surface area contributed by atoms with Crippen molar-refractivity contribution < 1.29 is 4.74 Å². The van der Waals surface area contributed by atoms with Crippen molar-refractivity contribution in [3.63, 3.8) is 0 Å². The number of pyridine rings is 1. The maximum absolute atomic E-state index is 5.69. The van der Waals surface area contributed by atoms with E-state index < -0.39 is 0 Å². The highest BCUT2D eigenvalue weighted by Gasteiger charge is 2.06. The zero-order valence-electron chi connectivity index (χ0n) is 8.56. The Bertz CT molecular complexity index is 488. The van der Waals surface area contributed by atoms with Gasteiger partial charge in [-0.15, -0.1) is 0 Å². The Labute approximate surface area is 102 Å². The van der Waals surface area contributed by atoms with Gasteiger partial charge >= 0.3 is 0 Å². The molecule has 2 aromatic rings. The molecule has 0 spiro atoms. The molecule has 4 heteroatoms. The number of aromatic nitrogens is 1. The molecule has 0 saturated carbocycles. The first-order valence-electron chi connectivity index (χ1n) is 4.87. The first kappa shape index (κ1) is 11.1. The fourth-order valence-electron chi connectivity index (χ4n) is 1.32. The molecule has 0 bridgehead atoms. The molecule has 0 unspecified atom stereocenters. The number of ether oxygens (including phenoxy) is 1. The molecule has 0 fully saturated rings. The second-order valence-corrected chi connectivity index (χ2v) is 4.06. The molecule has 82 valence electrons. The highest BCUT2D eigenvalue weighted by Crippen LogP contribution is 2.28. The molecule has 0 aliphatic heterocycles. The molecule has 0 aliphatic carbocycles. The van der Waals surface area contributed by atoms with Gasteiger partial charge in [-0.3, -0.25) is 0 Å². The highest BCUT2D eigenvalue weighted by atomic mass is 79.9. The summed E-state index contributed by atoms with van der Waals surface area (Å²) in [4.78, 5) is 4.14. The number of rotatable bonds is 3. The fourth-order valence-corrected chi connectivity index (χ4v) is 1.66. The standard InChI is InChI=1S/C12H11BrN2O/c13-10-5-3-7-15-12(10)16-11-6-2-1-4-9(11)8-14/h1-7H,8,14H2. The van der Waals surface area contributed by atoms with Gasteiger partial charge in [-0.1, -0.05) is 18.2 Å². The van der Waals surface area contributed by atoms with Crippen LogP contribution in [0, 0.1) is 0 Å². The zero-order chi connectivity index (χ0) is 11.4.